The number of fused-ring (bicyclic) bond motifs is 1. The van der Waals surface area contributed by atoms with Gasteiger partial charge in [0, 0.05) is 23.5 Å². The molecule has 2 heterocycles. The van der Waals surface area contributed by atoms with Crippen LogP contribution in [0.5, 0.6) is 0 Å². The first kappa shape index (κ1) is 15.8. The number of rotatable bonds is 3. The van der Waals surface area contributed by atoms with Crippen LogP contribution in [-0.2, 0) is 6.42 Å². The molecule has 1 aliphatic rings. The van der Waals surface area contributed by atoms with Gasteiger partial charge in [0.25, 0.3) is 0 Å². The molecule has 4 rings (SSSR count). The molecule has 1 N–H and O–H groups in total. The number of aromatic nitrogens is 3. The van der Waals surface area contributed by atoms with E-state index in [2.05, 4.69) is 50.6 Å². The minimum Gasteiger partial charge on any atom is -0.363 e. The highest BCUT2D eigenvalue weighted by Crippen LogP contribution is 2.32. The quantitative estimate of drug-likeness (QED) is 0.760. The Kier molecular flexibility index (Phi) is 4.18. The molecule has 1 aliphatic carbocycles. The van der Waals surface area contributed by atoms with E-state index in [1.54, 1.807) is 0 Å². The molecule has 2 aromatic heterocycles. The lowest BCUT2D eigenvalue weighted by atomic mass is 9.88. The predicted molar refractivity (Wildman–Crippen MR) is 100 cm³/mol. The number of nitrogens with zero attached hydrogens (tertiary/aromatic N) is 3. The summed E-state index contributed by atoms with van der Waals surface area (Å²) in [5.41, 5.74) is 5.84. The molecule has 0 unspecified atom stereocenters. The molecule has 0 saturated carbocycles. The van der Waals surface area contributed by atoms with E-state index in [0.29, 0.717) is 6.04 Å². The number of hydrogen-bond acceptors (Lipinski definition) is 4. The molecule has 126 valence electrons. The van der Waals surface area contributed by atoms with Gasteiger partial charge in [-0.05, 0) is 56.4 Å². The van der Waals surface area contributed by atoms with Crippen molar-refractivity contribution < 1.29 is 0 Å². The van der Waals surface area contributed by atoms with Crippen molar-refractivity contribution in [1.29, 1.82) is 0 Å². The van der Waals surface area contributed by atoms with Crippen LogP contribution in [0.3, 0.4) is 0 Å². The van der Waals surface area contributed by atoms with Crippen molar-refractivity contribution >= 4 is 5.82 Å². The molecule has 0 radical (unpaired) electrons. The SMILES string of the molecule is Cc1cc(-c2cc(N[C@@H]3CCCc4ccccc43)nc(C)n2)ccn1. The second-order valence-electron chi connectivity index (χ2n) is 6.66. The van der Waals surface area contributed by atoms with Gasteiger partial charge in [0.15, 0.2) is 0 Å². The zero-order valence-electron chi connectivity index (χ0n) is 14.7. The number of nitrogens with one attached hydrogen (secondary N) is 1. The Balaban J connectivity index is 1.66. The summed E-state index contributed by atoms with van der Waals surface area (Å²) in [5.74, 6) is 1.66. The minimum absolute atomic E-state index is 0.311. The third-order valence-corrected chi connectivity index (χ3v) is 4.72. The average Bonchev–Trinajstić information content (AvgIpc) is 2.62. The Labute approximate surface area is 148 Å². The molecule has 25 heavy (non-hydrogen) atoms. The first-order valence-corrected chi connectivity index (χ1v) is 8.82. The van der Waals surface area contributed by atoms with Crippen LogP contribution in [0.15, 0.2) is 48.7 Å². The third kappa shape index (κ3) is 3.38. The fourth-order valence-electron chi connectivity index (χ4n) is 3.58. The van der Waals surface area contributed by atoms with E-state index >= 15 is 0 Å². The highest BCUT2D eigenvalue weighted by atomic mass is 15.0. The van der Waals surface area contributed by atoms with E-state index in [9.17, 15) is 0 Å². The van der Waals surface area contributed by atoms with Crippen molar-refractivity contribution in [3.63, 3.8) is 0 Å². The van der Waals surface area contributed by atoms with Gasteiger partial charge >= 0.3 is 0 Å². The average molecular weight is 330 g/mol. The maximum atomic E-state index is 4.61. The van der Waals surface area contributed by atoms with Crippen molar-refractivity contribution in [2.45, 2.75) is 39.2 Å². The van der Waals surface area contributed by atoms with E-state index in [1.165, 1.54) is 24.0 Å². The summed E-state index contributed by atoms with van der Waals surface area (Å²) in [6.45, 7) is 3.94. The first-order valence-electron chi connectivity index (χ1n) is 8.82. The topological polar surface area (TPSA) is 50.7 Å². The summed E-state index contributed by atoms with van der Waals surface area (Å²) in [6.07, 6.45) is 5.32. The fraction of sp³-hybridized carbons (Fsp3) is 0.286. The maximum Gasteiger partial charge on any atom is 0.130 e. The lowest BCUT2D eigenvalue weighted by Crippen LogP contribution is -2.18. The minimum atomic E-state index is 0.311. The molecule has 0 aliphatic heterocycles. The molecule has 4 heteroatoms. The van der Waals surface area contributed by atoms with Crippen molar-refractivity contribution in [1.82, 2.24) is 15.0 Å². The molecule has 0 fully saturated rings. The van der Waals surface area contributed by atoms with E-state index in [4.69, 9.17) is 0 Å². The van der Waals surface area contributed by atoms with E-state index in [-0.39, 0.29) is 0 Å². The number of benzene rings is 1. The van der Waals surface area contributed by atoms with Gasteiger partial charge in [-0.1, -0.05) is 24.3 Å². The first-order chi connectivity index (χ1) is 12.2. The van der Waals surface area contributed by atoms with Gasteiger partial charge in [-0.2, -0.15) is 0 Å². The second-order valence-corrected chi connectivity index (χ2v) is 6.66. The summed E-state index contributed by atoms with van der Waals surface area (Å²) in [6, 6.07) is 15.1. The number of pyridine rings is 1. The predicted octanol–water partition coefficient (Wildman–Crippen LogP) is 4.64. The zero-order chi connectivity index (χ0) is 17.2. The molecule has 0 bridgehead atoms. The normalized spacial score (nSPS) is 16.3. The molecule has 0 spiro atoms. The molecule has 4 nitrogen and oxygen atoms in total. The summed E-state index contributed by atoms with van der Waals surface area (Å²) >= 11 is 0. The number of aryl methyl sites for hydroxylation is 3. The molecule has 1 aromatic carbocycles. The van der Waals surface area contributed by atoms with Crippen molar-refractivity contribution in [2.75, 3.05) is 5.32 Å². The van der Waals surface area contributed by atoms with E-state index in [1.807, 2.05) is 32.2 Å². The number of hydrogen-bond donors (Lipinski definition) is 1. The van der Waals surface area contributed by atoms with E-state index in [0.717, 1.165) is 35.0 Å². The van der Waals surface area contributed by atoms with Gasteiger partial charge < -0.3 is 5.32 Å². The van der Waals surface area contributed by atoms with Crippen molar-refractivity contribution in [3.05, 3.63) is 71.3 Å². The molecular formula is C21H22N4. The van der Waals surface area contributed by atoms with Crippen LogP contribution < -0.4 is 5.32 Å². The molecular weight excluding hydrogens is 308 g/mol. The highest BCUT2D eigenvalue weighted by Gasteiger charge is 2.20. The van der Waals surface area contributed by atoms with Crippen LogP contribution >= 0.6 is 0 Å². The lowest BCUT2D eigenvalue weighted by Gasteiger charge is -2.27. The second kappa shape index (κ2) is 6.63. The summed E-state index contributed by atoms with van der Waals surface area (Å²) in [4.78, 5) is 13.5. The summed E-state index contributed by atoms with van der Waals surface area (Å²) < 4.78 is 0. The van der Waals surface area contributed by atoms with Gasteiger partial charge in [0.05, 0.1) is 11.7 Å². The molecule has 1 atom stereocenters. The zero-order valence-corrected chi connectivity index (χ0v) is 14.7. The van der Waals surface area contributed by atoms with Crippen molar-refractivity contribution in [2.24, 2.45) is 0 Å². The van der Waals surface area contributed by atoms with Crippen LogP contribution in [-0.4, -0.2) is 15.0 Å². The van der Waals surface area contributed by atoms with Crippen LogP contribution in [0.25, 0.3) is 11.3 Å². The lowest BCUT2D eigenvalue weighted by molar-refractivity contribution is 0.598. The Morgan fingerprint density at radius 2 is 1.92 bits per heavy atom. The van der Waals surface area contributed by atoms with Gasteiger partial charge in [0.1, 0.15) is 11.6 Å². The fourth-order valence-corrected chi connectivity index (χ4v) is 3.58. The Morgan fingerprint density at radius 1 is 1.04 bits per heavy atom. The molecule has 0 amide bonds. The van der Waals surface area contributed by atoms with Gasteiger partial charge in [-0.3, -0.25) is 4.98 Å². The van der Waals surface area contributed by atoms with Crippen LogP contribution in [0, 0.1) is 13.8 Å². The third-order valence-electron chi connectivity index (χ3n) is 4.72. The van der Waals surface area contributed by atoms with Gasteiger partial charge in [-0.15, -0.1) is 0 Å². The van der Waals surface area contributed by atoms with Crippen LogP contribution in [0.2, 0.25) is 0 Å². The Bertz CT molecular complexity index is 904. The monoisotopic (exact) mass is 330 g/mol. The van der Waals surface area contributed by atoms with Gasteiger partial charge in [-0.25, -0.2) is 9.97 Å². The molecule has 0 saturated heterocycles. The molecule has 3 aromatic rings. The standard InChI is InChI=1S/C21H22N4/c1-14-12-17(10-11-22-14)20-13-21(24-15(2)23-20)25-19-9-5-7-16-6-3-4-8-18(16)19/h3-4,6,8,10-13,19H,5,7,9H2,1-2H3,(H,23,24,25)/t19-/m1/s1. The van der Waals surface area contributed by atoms with Gasteiger partial charge in [0.2, 0.25) is 0 Å². The summed E-state index contributed by atoms with van der Waals surface area (Å²) in [5, 5.41) is 3.64. The Morgan fingerprint density at radius 3 is 2.80 bits per heavy atom. The maximum absolute atomic E-state index is 4.61. The summed E-state index contributed by atoms with van der Waals surface area (Å²) in [7, 11) is 0. The smallest absolute Gasteiger partial charge is 0.130 e. The highest BCUT2D eigenvalue weighted by molar-refractivity contribution is 5.63. The van der Waals surface area contributed by atoms with Crippen LogP contribution in [0.4, 0.5) is 5.82 Å². The largest absolute Gasteiger partial charge is 0.363 e. The van der Waals surface area contributed by atoms with E-state index < -0.39 is 0 Å². The van der Waals surface area contributed by atoms with Crippen molar-refractivity contribution in [3.8, 4) is 11.3 Å². The Hall–Kier alpha value is -2.75. The van der Waals surface area contributed by atoms with Crippen LogP contribution in [0.1, 0.15) is 41.5 Å². The number of anilines is 1.